The molecule has 0 aliphatic rings. The lowest BCUT2D eigenvalue weighted by Crippen LogP contribution is -2.32. The van der Waals surface area contributed by atoms with Crippen LogP contribution in [0.4, 0.5) is 11.4 Å². The first-order valence-electron chi connectivity index (χ1n) is 8.16. The van der Waals surface area contributed by atoms with Crippen molar-refractivity contribution in [2.24, 2.45) is 0 Å². The highest BCUT2D eigenvalue weighted by atomic mass is 35.5. The van der Waals surface area contributed by atoms with Crippen molar-refractivity contribution in [2.75, 3.05) is 23.4 Å². The van der Waals surface area contributed by atoms with Gasteiger partial charge < -0.3 is 15.0 Å². The highest BCUT2D eigenvalue weighted by Gasteiger charge is 2.17. The number of nitrogens with one attached hydrogen (secondary N) is 1. The monoisotopic (exact) mass is 394 g/mol. The molecule has 7 heteroatoms. The molecule has 0 aliphatic heterocycles. The van der Waals surface area contributed by atoms with Crippen molar-refractivity contribution in [3.05, 3.63) is 52.5 Å². The molecule has 5 nitrogen and oxygen atoms in total. The maximum atomic E-state index is 12.2. The number of amides is 2. The highest BCUT2D eigenvalue weighted by molar-refractivity contribution is 6.35. The van der Waals surface area contributed by atoms with E-state index in [1.54, 1.807) is 30.3 Å². The lowest BCUT2D eigenvalue weighted by atomic mass is 10.2. The van der Waals surface area contributed by atoms with Gasteiger partial charge >= 0.3 is 0 Å². The van der Waals surface area contributed by atoms with Crippen LogP contribution in [0.15, 0.2) is 42.5 Å². The molecule has 0 unspecified atom stereocenters. The van der Waals surface area contributed by atoms with Crippen molar-refractivity contribution in [2.45, 2.75) is 20.3 Å². The molecule has 1 N–H and O–H groups in total. The highest BCUT2D eigenvalue weighted by Crippen LogP contribution is 2.28. The molecule has 0 spiro atoms. The van der Waals surface area contributed by atoms with Crippen molar-refractivity contribution < 1.29 is 14.3 Å². The number of benzene rings is 2. The Hall–Kier alpha value is -2.24. The van der Waals surface area contributed by atoms with E-state index in [2.05, 4.69) is 5.32 Å². The Morgan fingerprint density at radius 1 is 1.12 bits per heavy atom. The Kier molecular flexibility index (Phi) is 7.30. The fraction of sp³-hybridized carbons (Fsp3) is 0.263. The van der Waals surface area contributed by atoms with Crippen molar-refractivity contribution in [3.63, 3.8) is 0 Å². The van der Waals surface area contributed by atoms with E-state index >= 15 is 0 Å². The van der Waals surface area contributed by atoms with Crippen LogP contribution in [0, 0.1) is 0 Å². The van der Waals surface area contributed by atoms with Gasteiger partial charge in [0.2, 0.25) is 11.8 Å². The van der Waals surface area contributed by atoms with E-state index in [9.17, 15) is 9.59 Å². The fourth-order valence-electron chi connectivity index (χ4n) is 2.47. The second-order valence-corrected chi connectivity index (χ2v) is 6.40. The molecule has 0 aromatic heterocycles. The first-order valence-corrected chi connectivity index (χ1v) is 8.92. The number of anilines is 2. The van der Waals surface area contributed by atoms with E-state index in [-0.39, 0.29) is 24.8 Å². The van der Waals surface area contributed by atoms with Gasteiger partial charge in [0, 0.05) is 35.6 Å². The van der Waals surface area contributed by atoms with E-state index in [0.717, 1.165) is 0 Å². The minimum absolute atomic E-state index is 0.115. The fourth-order valence-corrected chi connectivity index (χ4v) is 2.99. The summed E-state index contributed by atoms with van der Waals surface area (Å²) in [4.78, 5) is 25.8. The topological polar surface area (TPSA) is 58.6 Å². The number of hydrogen-bond acceptors (Lipinski definition) is 3. The van der Waals surface area contributed by atoms with Crippen molar-refractivity contribution in [1.29, 1.82) is 0 Å². The third-order valence-corrected chi connectivity index (χ3v) is 3.98. The Bertz CT molecular complexity index is 776. The molecule has 0 heterocycles. The predicted octanol–water partition coefficient (Wildman–Crippen LogP) is 4.77. The third kappa shape index (κ3) is 5.64. The van der Waals surface area contributed by atoms with Crippen molar-refractivity contribution >= 4 is 46.4 Å². The molecule has 0 aliphatic carbocycles. The Balaban J connectivity index is 2.07. The summed E-state index contributed by atoms with van der Waals surface area (Å²) in [5.74, 6) is 0.187. The molecule has 0 saturated carbocycles. The molecule has 2 rings (SSSR count). The van der Waals surface area contributed by atoms with Crippen LogP contribution in [-0.4, -0.2) is 25.0 Å². The average Bonchev–Trinajstić information content (AvgIpc) is 2.55. The largest absolute Gasteiger partial charge is 0.492 e. The number of hydrogen-bond donors (Lipinski definition) is 1. The van der Waals surface area contributed by atoms with Gasteiger partial charge in [-0.2, -0.15) is 0 Å². The van der Waals surface area contributed by atoms with E-state index < -0.39 is 0 Å². The van der Waals surface area contributed by atoms with Crippen LogP contribution in [0.5, 0.6) is 5.75 Å². The van der Waals surface area contributed by atoms with Crippen LogP contribution in [-0.2, 0) is 9.59 Å². The summed E-state index contributed by atoms with van der Waals surface area (Å²) in [6.45, 7) is 4.04. The number of ether oxygens (including phenoxy) is 1. The quantitative estimate of drug-likeness (QED) is 0.735. The molecule has 2 amide bonds. The van der Waals surface area contributed by atoms with E-state index in [1.807, 2.05) is 19.1 Å². The minimum Gasteiger partial charge on any atom is -0.492 e. The molecule has 0 bridgehead atoms. The number of carbonyl (C=O) groups is 2. The first-order chi connectivity index (χ1) is 12.4. The number of nitrogens with zero attached hydrogens (tertiary/aromatic N) is 1. The smallest absolute Gasteiger partial charge is 0.226 e. The second kappa shape index (κ2) is 9.46. The summed E-state index contributed by atoms with van der Waals surface area (Å²) < 4.78 is 5.57. The first kappa shape index (κ1) is 20.1. The summed E-state index contributed by atoms with van der Waals surface area (Å²) in [6, 6.07) is 12.0. The predicted molar refractivity (Wildman–Crippen MR) is 105 cm³/mol. The zero-order valence-electron chi connectivity index (χ0n) is 14.6. The van der Waals surface area contributed by atoms with Crippen LogP contribution in [0.2, 0.25) is 10.0 Å². The van der Waals surface area contributed by atoms with Crippen LogP contribution < -0.4 is 15.0 Å². The van der Waals surface area contributed by atoms with E-state index in [1.165, 1.54) is 11.8 Å². The average molecular weight is 395 g/mol. The number of para-hydroxylation sites is 2. The molecule has 0 fully saturated rings. The molecule has 2 aromatic carbocycles. The summed E-state index contributed by atoms with van der Waals surface area (Å²) >= 11 is 11.9. The van der Waals surface area contributed by atoms with Crippen LogP contribution in [0.1, 0.15) is 20.3 Å². The van der Waals surface area contributed by atoms with Crippen molar-refractivity contribution in [1.82, 2.24) is 0 Å². The van der Waals surface area contributed by atoms with Gasteiger partial charge in [-0.25, -0.2) is 0 Å². The normalized spacial score (nSPS) is 10.3. The molecular weight excluding hydrogens is 375 g/mol. The van der Waals surface area contributed by atoms with Gasteiger partial charge in [-0.3, -0.25) is 9.59 Å². The van der Waals surface area contributed by atoms with Gasteiger partial charge in [0.05, 0.1) is 12.3 Å². The van der Waals surface area contributed by atoms with Gasteiger partial charge in [-0.1, -0.05) is 35.3 Å². The van der Waals surface area contributed by atoms with Gasteiger partial charge in [0.1, 0.15) is 5.75 Å². The Labute approximate surface area is 162 Å². The summed E-state index contributed by atoms with van der Waals surface area (Å²) in [6.07, 6.45) is 0.115. The second-order valence-electron chi connectivity index (χ2n) is 5.53. The van der Waals surface area contributed by atoms with Crippen LogP contribution in [0.25, 0.3) is 0 Å². The van der Waals surface area contributed by atoms with E-state index in [0.29, 0.717) is 33.8 Å². The zero-order chi connectivity index (χ0) is 19.1. The van der Waals surface area contributed by atoms with Gasteiger partial charge in [0.25, 0.3) is 0 Å². The zero-order valence-corrected chi connectivity index (χ0v) is 16.1. The van der Waals surface area contributed by atoms with Crippen molar-refractivity contribution in [3.8, 4) is 5.75 Å². The number of rotatable bonds is 7. The molecule has 0 radical (unpaired) electrons. The standard InChI is InChI=1S/C19H20Cl2N2O3/c1-3-26-18-7-5-4-6-17(18)23(13(2)24)9-8-19(25)22-16-11-14(20)10-15(21)12-16/h4-7,10-12H,3,8-9H2,1-2H3,(H,22,25). The molecule has 138 valence electrons. The Morgan fingerprint density at radius 3 is 2.38 bits per heavy atom. The molecule has 2 aromatic rings. The third-order valence-electron chi connectivity index (χ3n) is 3.54. The summed E-state index contributed by atoms with van der Waals surface area (Å²) in [5.41, 5.74) is 1.15. The van der Waals surface area contributed by atoms with Gasteiger partial charge in [-0.05, 0) is 37.3 Å². The van der Waals surface area contributed by atoms with Crippen LogP contribution in [0.3, 0.4) is 0 Å². The maximum Gasteiger partial charge on any atom is 0.226 e. The lowest BCUT2D eigenvalue weighted by Gasteiger charge is -2.23. The lowest BCUT2D eigenvalue weighted by molar-refractivity contribution is -0.117. The Morgan fingerprint density at radius 2 is 1.77 bits per heavy atom. The van der Waals surface area contributed by atoms with Gasteiger partial charge in [0.15, 0.2) is 0 Å². The molecule has 0 atom stereocenters. The summed E-state index contributed by atoms with van der Waals surface area (Å²) in [5, 5.41) is 3.60. The van der Waals surface area contributed by atoms with E-state index in [4.69, 9.17) is 27.9 Å². The maximum absolute atomic E-state index is 12.2. The number of carbonyl (C=O) groups excluding carboxylic acids is 2. The summed E-state index contributed by atoms with van der Waals surface area (Å²) in [7, 11) is 0. The molecule has 0 saturated heterocycles. The number of halogens is 2. The molecule has 26 heavy (non-hydrogen) atoms. The minimum atomic E-state index is -0.247. The van der Waals surface area contributed by atoms with Gasteiger partial charge in [-0.15, -0.1) is 0 Å². The van der Waals surface area contributed by atoms with Crippen LogP contribution >= 0.6 is 23.2 Å². The molecular formula is C19H20Cl2N2O3. The SMILES string of the molecule is CCOc1ccccc1N(CCC(=O)Nc1cc(Cl)cc(Cl)c1)C(C)=O.